The average molecular weight is 406 g/mol. The Bertz CT molecular complexity index is 942. The van der Waals surface area contributed by atoms with E-state index in [0.717, 1.165) is 30.2 Å². The van der Waals surface area contributed by atoms with Crippen LogP contribution in [0.2, 0.25) is 0 Å². The van der Waals surface area contributed by atoms with Gasteiger partial charge in [-0.05, 0) is 37.1 Å². The molecule has 0 saturated carbocycles. The molecule has 2 aromatic rings. The molecule has 2 fully saturated rings. The third-order valence-corrected chi connectivity index (χ3v) is 7.52. The summed E-state index contributed by atoms with van der Waals surface area (Å²) in [7, 11) is -3.43. The minimum absolute atomic E-state index is 0.134. The van der Waals surface area contributed by atoms with Gasteiger partial charge in [0.15, 0.2) is 0 Å². The molecule has 0 radical (unpaired) electrons. The number of ether oxygens (including phenoxy) is 1. The third-order valence-electron chi connectivity index (χ3n) is 5.63. The van der Waals surface area contributed by atoms with Crippen molar-refractivity contribution < 1.29 is 17.9 Å². The number of rotatable bonds is 5. The Balaban J connectivity index is 1.47. The fourth-order valence-corrected chi connectivity index (χ4v) is 5.53. The normalized spacial score (nSPS) is 19.2. The lowest BCUT2D eigenvalue weighted by atomic mass is 10.2. The molecule has 0 aliphatic carbocycles. The van der Waals surface area contributed by atoms with Crippen molar-refractivity contribution >= 4 is 26.8 Å². The summed E-state index contributed by atoms with van der Waals surface area (Å²) < 4.78 is 34.7. The fraction of sp³-hybridized carbons (Fsp3) is 0.550. The van der Waals surface area contributed by atoms with E-state index >= 15 is 0 Å². The molecule has 28 heavy (non-hydrogen) atoms. The largest absolute Gasteiger partial charge is 0.378 e. The molecular weight excluding hydrogens is 378 g/mol. The lowest BCUT2D eigenvalue weighted by Crippen LogP contribution is -2.40. The number of piperidine rings is 1. The standard InChI is InChI=1S/C20H27N3O4S/c24-20(22-12-14-27-15-13-22)7-11-21-10-6-17-16-18(4-5-19(17)21)28(25,26)23-8-2-1-3-9-23/h4-6,10,16H,1-3,7-9,11-15H2. The summed E-state index contributed by atoms with van der Waals surface area (Å²) >= 11 is 0. The number of fused-ring (bicyclic) bond motifs is 1. The van der Waals surface area contributed by atoms with Crippen molar-refractivity contribution in [3.63, 3.8) is 0 Å². The second-order valence-electron chi connectivity index (χ2n) is 7.44. The van der Waals surface area contributed by atoms with Crippen LogP contribution in [0.5, 0.6) is 0 Å². The van der Waals surface area contributed by atoms with Gasteiger partial charge in [0, 0.05) is 56.2 Å². The van der Waals surface area contributed by atoms with Gasteiger partial charge in [-0.2, -0.15) is 4.31 Å². The molecule has 2 aliphatic rings. The van der Waals surface area contributed by atoms with Crippen LogP contribution in [0.15, 0.2) is 35.4 Å². The molecule has 7 nitrogen and oxygen atoms in total. The number of aryl methyl sites for hydroxylation is 1. The van der Waals surface area contributed by atoms with Crippen LogP contribution in [0.25, 0.3) is 10.9 Å². The minimum Gasteiger partial charge on any atom is -0.378 e. The highest BCUT2D eigenvalue weighted by Gasteiger charge is 2.26. The predicted molar refractivity (Wildman–Crippen MR) is 107 cm³/mol. The van der Waals surface area contributed by atoms with Gasteiger partial charge in [-0.15, -0.1) is 0 Å². The van der Waals surface area contributed by atoms with Crippen LogP contribution < -0.4 is 0 Å². The molecule has 2 aliphatic heterocycles. The molecule has 152 valence electrons. The molecular formula is C20H27N3O4S. The lowest BCUT2D eigenvalue weighted by molar-refractivity contribution is -0.135. The summed E-state index contributed by atoms with van der Waals surface area (Å²) in [5.74, 6) is 0.134. The predicted octanol–water partition coefficient (Wildman–Crippen LogP) is 2.06. The number of carbonyl (C=O) groups excluding carboxylic acids is 1. The van der Waals surface area contributed by atoms with Crippen molar-refractivity contribution in [1.29, 1.82) is 0 Å². The summed E-state index contributed by atoms with van der Waals surface area (Å²) in [6.07, 6.45) is 5.30. The van der Waals surface area contributed by atoms with Crippen LogP contribution >= 0.6 is 0 Å². The highest BCUT2D eigenvalue weighted by atomic mass is 32.2. The number of hydrogen-bond donors (Lipinski definition) is 0. The number of sulfonamides is 1. The molecule has 1 amide bonds. The molecule has 1 aromatic carbocycles. The second-order valence-corrected chi connectivity index (χ2v) is 9.38. The van der Waals surface area contributed by atoms with Crippen molar-refractivity contribution in [1.82, 2.24) is 13.8 Å². The van der Waals surface area contributed by atoms with E-state index in [1.807, 2.05) is 27.8 Å². The topological polar surface area (TPSA) is 71.9 Å². The zero-order chi connectivity index (χ0) is 19.6. The lowest BCUT2D eigenvalue weighted by Gasteiger charge is -2.27. The van der Waals surface area contributed by atoms with Crippen molar-refractivity contribution in [2.75, 3.05) is 39.4 Å². The summed E-state index contributed by atoms with van der Waals surface area (Å²) in [5.41, 5.74) is 0.951. The van der Waals surface area contributed by atoms with Crippen LogP contribution in [0, 0.1) is 0 Å². The van der Waals surface area contributed by atoms with E-state index in [4.69, 9.17) is 4.74 Å². The molecule has 0 bridgehead atoms. The smallest absolute Gasteiger partial charge is 0.243 e. The summed E-state index contributed by atoms with van der Waals surface area (Å²) in [4.78, 5) is 14.6. The quantitative estimate of drug-likeness (QED) is 0.763. The molecule has 8 heteroatoms. The van der Waals surface area contributed by atoms with Crippen LogP contribution in [0.1, 0.15) is 25.7 Å². The summed E-state index contributed by atoms with van der Waals surface area (Å²) in [6, 6.07) is 7.21. The fourth-order valence-electron chi connectivity index (χ4n) is 3.97. The highest BCUT2D eigenvalue weighted by Crippen LogP contribution is 2.25. The van der Waals surface area contributed by atoms with Crippen molar-refractivity contribution in [2.45, 2.75) is 37.1 Å². The SMILES string of the molecule is O=C(CCn1ccc2cc(S(=O)(=O)N3CCCCC3)ccc21)N1CCOCC1. The number of aromatic nitrogens is 1. The first-order valence-corrected chi connectivity index (χ1v) is 11.4. The van der Waals surface area contributed by atoms with Gasteiger partial charge in [0.25, 0.3) is 0 Å². The van der Waals surface area contributed by atoms with E-state index in [1.165, 1.54) is 0 Å². The van der Waals surface area contributed by atoms with Gasteiger partial charge in [-0.1, -0.05) is 6.42 Å². The monoisotopic (exact) mass is 405 g/mol. The molecule has 0 unspecified atom stereocenters. The first-order chi connectivity index (χ1) is 13.6. The van der Waals surface area contributed by atoms with Gasteiger partial charge in [0.2, 0.25) is 15.9 Å². The number of nitrogens with zero attached hydrogens (tertiary/aromatic N) is 3. The van der Waals surface area contributed by atoms with E-state index in [0.29, 0.717) is 57.3 Å². The zero-order valence-electron chi connectivity index (χ0n) is 16.0. The Labute approximate surface area is 165 Å². The Morgan fingerprint density at radius 3 is 2.50 bits per heavy atom. The molecule has 2 saturated heterocycles. The maximum Gasteiger partial charge on any atom is 0.243 e. The molecule has 0 N–H and O–H groups in total. The van der Waals surface area contributed by atoms with Gasteiger partial charge in [0.1, 0.15) is 0 Å². The second kappa shape index (κ2) is 8.23. The Hall–Kier alpha value is -1.90. The first-order valence-electron chi connectivity index (χ1n) is 10.0. The minimum atomic E-state index is -3.43. The number of carbonyl (C=O) groups is 1. The Morgan fingerprint density at radius 1 is 1.00 bits per heavy atom. The van der Waals surface area contributed by atoms with Gasteiger partial charge in [-0.3, -0.25) is 4.79 Å². The van der Waals surface area contributed by atoms with Crippen molar-refractivity contribution in [3.05, 3.63) is 30.5 Å². The Morgan fingerprint density at radius 2 is 1.75 bits per heavy atom. The van der Waals surface area contributed by atoms with Gasteiger partial charge < -0.3 is 14.2 Å². The molecule has 4 rings (SSSR count). The molecule has 1 aromatic heterocycles. The Kier molecular flexibility index (Phi) is 5.70. The number of morpholine rings is 1. The van der Waals surface area contributed by atoms with Crippen LogP contribution in [-0.2, 0) is 26.1 Å². The summed E-state index contributed by atoms with van der Waals surface area (Å²) in [6.45, 7) is 4.30. The first kappa shape index (κ1) is 19.4. The van der Waals surface area contributed by atoms with E-state index in [1.54, 1.807) is 16.4 Å². The van der Waals surface area contributed by atoms with Crippen molar-refractivity contribution in [2.24, 2.45) is 0 Å². The van der Waals surface area contributed by atoms with Crippen LogP contribution in [0.3, 0.4) is 0 Å². The molecule has 0 atom stereocenters. The maximum atomic E-state index is 12.9. The van der Waals surface area contributed by atoms with Crippen LogP contribution in [-0.4, -0.2) is 67.5 Å². The van der Waals surface area contributed by atoms with E-state index in [-0.39, 0.29) is 5.91 Å². The van der Waals surface area contributed by atoms with E-state index < -0.39 is 10.0 Å². The highest BCUT2D eigenvalue weighted by molar-refractivity contribution is 7.89. The average Bonchev–Trinajstić information content (AvgIpc) is 3.15. The van der Waals surface area contributed by atoms with Gasteiger partial charge >= 0.3 is 0 Å². The van der Waals surface area contributed by atoms with Gasteiger partial charge in [-0.25, -0.2) is 8.42 Å². The number of benzene rings is 1. The summed E-state index contributed by atoms with van der Waals surface area (Å²) in [5, 5.41) is 0.886. The number of hydrogen-bond acceptors (Lipinski definition) is 4. The number of amides is 1. The third kappa shape index (κ3) is 3.94. The van der Waals surface area contributed by atoms with Crippen molar-refractivity contribution in [3.8, 4) is 0 Å². The van der Waals surface area contributed by atoms with Gasteiger partial charge in [0.05, 0.1) is 18.1 Å². The van der Waals surface area contributed by atoms with E-state index in [9.17, 15) is 13.2 Å². The molecule has 0 spiro atoms. The molecule has 3 heterocycles. The maximum absolute atomic E-state index is 12.9. The van der Waals surface area contributed by atoms with E-state index in [2.05, 4.69) is 0 Å². The van der Waals surface area contributed by atoms with Crippen LogP contribution in [0.4, 0.5) is 0 Å². The zero-order valence-corrected chi connectivity index (χ0v) is 16.9.